The number of Topliss-reactive ketones (excluding diaryl/α,β-unsaturated/α-hetero) is 1. The molecule has 0 bridgehead atoms. The van der Waals surface area contributed by atoms with Gasteiger partial charge in [0.05, 0.1) is 24.5 Å². The zero-order valence-electron chi connectivity index (χ0n) is 22.9. The maximum absolute atomic E-state index is 12.6. The highest BCUT2D eigenvalue weighted by atomic mass is 32.2. The summed E-state index contributed by atoms with van der Waals surface area (Å²) in [4.78, 5) is 61.6. The standard InChI is InChI=1S/C26H45N5O6S/c1-3-19(27)8-5-6-9-20(28)21(32)10-7-17-38-22-18-25(35)31(26(22)36)14-11-23(33)30-13-16-37-15-12-24(34)29-4-2/h20,22,27H,3-18,28H2,1-2H3,(H,29,34)(H,30,33). The Morgan fingerprint density at radius 3 is 2.50 bits per heavy atom. The molecule has 0 aromatic rings. The van der Waals surface area contributed by atoms with Gasteiger partial charge in [-0.25, -0.2) is 0 Å². The fourth-order valence-corrected chi connectivity index (χ4v) is 4.96. The summed E-state index contributed by atoms with van der Waals surface area (Å²) in [6.45, 7) is 5.21. The average Bonchev–Trinajstić information content (AvgIpc) is 3.16. The lowest BCUT2D eigenvalue weighted by atomic mass is 10.0. The number of nitrogens with two attached hydrogens (primary N) is 1. The van der Waals surface area contributed by atoms with E-state index in [1.807, 2.05) is 13.8 Å². The third kappa shape index (κ3) is 14.0. The van der Waals surface area contributed by atoms with Crippen LogP contribution in [0.5, 0.6) is 0 Å². The van der Waals surface area contributed by atoms with Gasteiger partial charge in [0.1, 0.15) is 5.78 Å². The molecule has 0 spiro atoms. The van der Waals surface area contributed by atoms with E-state index in [4.69, 9.17) is 15.9 Å². The number of imide groups is 1. The number of hydrogen-bond acceptors (Lipinski definition) is 9. The predicted octanol–water partition coefficient (Wildman–Crippen LogP) is 1.56. The fourth-order valence-electron chi connectivity index (χ4n) is 3.83. The second-order valence-corrected chi connectivity index (χ2v) is 10.6. The molecule has 1 heterocycles. The molecule has 2 atom stereocenters. The van der Waals surface area contributed by atoms with E-state index >= 15 is 0 Å². The number of carbonyl (C=O) groups excluding carboxylic acids is 5. The van der Waals surface area contributed by atoms with Crippen LogP contribution in [0.1, 0.15) is 78.1 Å². The third-order valence-electron chi connectivity index (χ3n) is 6.15. The number of carbonyl (C=O) groups is 5. The summed E-state index contributed by atoms with van der Waals surface area (Å²) in [6, 6.07) is -0.494. The average molecular weight is 556 g/mol. The number of thioether (sulfide) groups is 1. The molecule has 0 aromatic heterocycles. The van der Waals surface area contributed by atoms with E-state index in [0.717, 1.165) is 36.3 Å². The molecule has 216 valence electrons. The highest BCUT2D eigenvalue weighted by Gasteiger charge is 2.38. The minimum atomic E-state index is -0.494. The van der Waals surface area contributed by atoms with Gasteiger partial charge in [0, 0.05) is 51.0 Å². The van der Waals surface area contributed by atoms with Gasteiger partial charge >= 0.3 is 0 Å². The molecule has 38 heavy (non-hydrogen) atoms. The number of likely N-dealkylation sites (tertiary alicyclic amines) is 1. The molecule has 2 unspecified atom stereocenters. The lowest BCUT2D eigenvalue weighted by molar-refractivity contribution is -0.138. The lowest BCUT2D eigenvalue weighted by Gasteiger charge is -2.15. The van der Waals surface area contributed by atoms with Crippen molar-refractivity contribution >= 4 is 46.9 Å². The maximum Gasteiger partial charge on any atom is 0.242 e. The molecule has 0 aromatic carbocycles. The Balaban J connectivity index is 2.18. The van der Waals surface area contributed by atoms with E-state index in [0.29, 0.717) is 31.6 Å². The molecule has 12 heteroatoms. The van der Waals surface area contributed by atoms with E-state index < -0.39 is 11.3 Å². The molecule has 1 aliphatic heterocycles. The van der Waals surface area contributed by atoms with Crippen LogP contribution in [0.15, 0.2) is 0 Å². The van der Waals surface area contributed by atoms with Crippen molar-refractivity contribution in [2.75, 3.05) is 38.6 Å². The van der Waals surface area contributed by atoms with Crippen LogP contribution in [0.4, 0.5) is 0 Å². The third-order valence-corrected chi connectivity index (χ3v) is 7.45. The quantitative estimate of drug-likeness (QED) is 0.0885. The van der Waals surface area contributed by atoms with Gasteiger partial charge in [-0.3, -0.25) is 28.9 Å². The van der Waals surface area contributed by atoms with Crippen molar-refractivity contribution < 1.29 is 28.7 Å². The fraction of sp³-hybridized carbons (Fsp3) is 0.769. The van der Waals surface area contributed by atoms with Crippen molar-refractivity contribution in [1.29, 1.82) is 5.41 Å². The summed E-state index contributed by atoms with van der Waals surface area (Å²) in [5.41, 5.74) is 6.71. The highest BCUT2D eigenvalue weighted by Crippen LogP contribution is 2.26. The molecule has 0 radical (unpaired) electrons. The van der Waals surface area contributed by atoms with E-state index in [-0.39, 0.29) is 75.0 Å². The van der Waals surface area contributed by atoms with Crippen molar-refractivity contribution in [3.8, 4) is 0 Å². The van der Waals surface area contributed by atoms with Gasteiger partial charge in [-0.15, -0.1) is 11.8 Å². The Labute approximate surface area is 230 Å². The Morgan fingerprint density at radius 1 is 1.05 bits per heavy atom. The van der Waals surface area contributed by atoms with E-state index in [2.05, 4.69) is 10.6 Å². The van der Waals surface area contributed by atoms with Crippen LogP contribution in [0.3, 0.4) is 0 Å². The first-order valence-corrected chi connectivity index (χ1v) is 14.7. The zero-order chi connectivity index (χ0) is 28.3. The van der Waals surface area contributed by atoms with Crippen molar-refractivity contribution in [3.63, 3.8) is 0 Å². The number of ketones is 1. The van der Waals surface area contributed by atoms with Crippen LogP contribution in [-0.4, -0.2) is 89.9 Å². The van der Waals surface area contributed by atoms with Gasteiger partial charge < -0.3 is 26.5 Å². The first-order valence-electron chi connectivity index (χ1n) is 13.6. The van der Waals surface area contributed by atoms with Gasteiger partial charge in [-0.05, 0) is 44.8 Å². The van der Waals surface area contributed by atoms with Gasteiger partial charge in [0.25, 0.3) is 0 Å². The molecule has 0 aliphatic carbocycles. The summed E-state index contributed by atoms with van der Waals surface area (Å²) >= 11 is 1.37. The van der Waals surface area contributed by atoms with Gasteiger partial charge in [-0.2, -0.15) is 0 Å². The summed E-state index contributed by atoms with van der Waals surface area (Å²) < 4.78 is 5.30. The number of amides is 4. The molecule has 5 N–H and O–H groups in total. The van der Waals surface area contributed by atoms with Crippen LogP contribution in [0.25, 0.3) is 0 Å². The molecule has 1 rings (SSSR count). The Bertz CT molecular complexity index is 809. The summed E-state index contributed by atoms with van der Waals surface area (Å²) in [7, 11) is 0. The van der Waals surface area contributed by atoms with Crippen molar-refractivity contribution in [1.82, 2.24) is 15.5 Å². The van der Waals surface area contributed by atoms with Crippen LogP contribution in [-0.2, 0) is 28.7 Å². The Hall–Kier alpha value is -2.31. The molecular formula is C26H45N5O6S. The Kier molecular flexibility index (Phi) is 17.5. The SMILES string of the molecule is CCNC(=O)CCOCCNC(=O)CCN1C(=O)CC(SCCCC(=O)C(N)CCCCC(=N)CC)C1=O. The van der Waals surface area contributed by atoms with Crippen LogP contribution in [0.2, 0.25) is 0 Å². The number of ether oxygens (including phenoxy) is 1. The van der Waals surface area contributed by atoms with E-state index in [1.165, 1.54) is 11.8 Å². The number of nitrogens with one attached hydrogen (secondary N) is 3. The molecule has 1 aliphatic rings. The zero-order valence-corrected chi connectivity index (χ0v) is 23.7. The second-order valence-electron chi connectivity index (χ2n) is 9.24. The van der Waals surface area contributed by atoms with Crippen LogP contribution >= 0.6 is 11.8 Å². The van der Waals surface area contributed by atoms with Gasteiger partial charge in [-0.1, -0.05) is 13.3 Å². The normalized spacial score (nSPS) is 16.0. The molecular weight excluding hydrogens is 510 g/mol. The van der Waals surface area contributed by atoms with Crippen LogP contribution in [0, 0.1) is 5.41 Å². The number of hydrogen-bond donors (Lipinski definition) is 4. The van der Waals surface area contributed by atoms with Gasteiger partial charge in [0.15, 0.2) is 0 Å². The summed E-state index contributed by atoms with van der Waals surface area (Å²) in [6.07, 6.45) is 5.12. The number of nitrogens with zero attached hydrogens (tertiary/aromatic N) is 1. The topological polar surface area (TPSA) is 172 Å². The number of rotatable bonds is 22. The maximum atomic E-state index is 12.6. The predicted molar refractivity (Wildman–Crippen MR) is 148 cm³/mol. The second kappa shape index (κ2) is 19.7. The lowest BCUT2D eigenvalue weighted by Crippen LogP contribution is -2.36. The highest BCUT2D eigenvalue weighted by molar-refractivity contribution is 8.00. The summed E-state index contributed by atoms with van der Waals surface area (Å²) in [5, 5.41) is 12.5. The van der Waals surface area contributed by atoms with Crippen LogP contribution < -0.4 is 16.4 Å². The largest absolute Gasteiger partial charge is 0.379 e. The molecule has 4 amide bonds. The van der Waals surface area contributed by atoms with Gasteiger partial charge in [0.2, 0.25) is 23.6 Å². The minimum absolute atomic E-state index is 0.00465. The molecule has 11 nitrogen and oxygen atoms in total. The van der Waals surface area contributed by atoms with Crippen molar-refractivity contribution in [2.45, 2.75) is 89.3 Å². The molecule has 1 saturated heterocycles. The smallest absolute Gasteiger partial charge is 0.242 e. The Morgan fingerprint density at radius 2 is 1.79 bits per heavy atom. The monoisotopic (exact) mass is 555 g/mol. The molecule has 0 saturated carbocycles. The first kappa shape index (κ1) is 33.7. The van der Waals surface area contributed by atoms with Crippen molar-refractivity contribution in [3.05, 3.63) is 0 Å². The summed E-state index contributed by atoms with van der Waals surface area (Å²) in [5.74, 6) is -0.370. The van der Waals surface area contributed by atoms with E-state index in [9.17, 15) is 24.0 Å². The minimum Gasteiger partial charge on any atom is -0.379 e. The number of unbranched alkanes of at least 4 members (excludes halogenated alkanes) is 1. The molecule has 1 fully saturated rings. The van der Waals surface area contributed by atoms with E-state index in [1.54, 1.807) is 0 Å². The van der Waals surface area contributed by atoms with Crippen molar-refractivity contribution in [2.24, 2.45) is 5.73 Å². The first-order chi connectivity index (χ1) is 18.2.